The lowest BCUT2D eigenvalue weighted by Gasteiger charge is -2.27. The Bertz CT molecular complexity index is 820. The molecule has 0 spiro atoms. The number of rotatable bonds is 4. The molecule has 0 aromatic heterocycles. The molecule has 1 aliphatic heterocycles. The first kappa shape index (κ1) is 15.6. The van der Waals surface area contributed by atoms with Gasteiger partial charge in [0.1, 0.15) is 5.75 Å². The number of methoxy groups -OCH3 is 2. The normalized spacial score (nSPS) is 15.8. The van der Waals surface area contributed by atoms with Crippen LogP contribution < -0.4 is 19.5 Å². The molecular weight excluding hydrogens is 316 g/mol. The Morgan fingerprint density at radius 3 is 2.50 bits per heavy atom. The molecule has 0 saturated carbocycles. The van der Waals surface area contributed by atoms with E-state index in [4.69, 9.17) is 14.2 Å². The summed E-state index contributed by atoms with van der Waals surface area (Å²) in [6.07, 6.45) is -1.01. The van der Waals surface area contributed by atoms with E-state index in [1.807, 2.05) is 0 Å². The molecule has 0 radical (unpaired) electrons. The van der Waals surface area contributed by atoms with E-state index in [1.165, 1.54) is 26.4 Å². The molecule has 24 heavy (non-hydrogen) atoms. The maximum Gasteiger partial charge on any atom is 0.282 e. The zero-order valence-electron chi connectivity index (χ0n) is 12.9. The highest BCUT2D eigenvalue weighted by molar-refractivity contribution is 5.98. The van der Waals surface area contributed by atoms with Crippen molar-refractivity contribution in [2.75, 3.05) is 14.2 Å². The summed E-state index contributed by atoms with van der Waals surface area (Å²) in [5, 5.41) is 14.0. The molecule has 8 nitrogen and oxygen atoms in total. The van der Waals surface area contributed by atoms with Crippen LogP contribution in [0.1, 0.15) is 22.1 Å². The van der Waals surface area contributed by atoms with Gasteiger partial charge in [0.25, 0.3) is 11.6 Å². The van der Waals surface area contributed by atoms with E-state index >= 15 is 0 Å². The summed E-state index contributed by atoms with van der Waals surface area (Å²) in [7, 11) is 2.81. The largest absolute Gasteiger partial charge is 0.493 e. The highest BCUT2D eigenvalue weighted by atomic mass is 16.6. The fourth-order valence-electron chi connectivity index (χ4n) is 2.50. The van der Waals surface area contributed by atoms with Crippen LogP contribution in [0.25, 0.3) is 0 Å². The third-order valence-electron chi connectivity index (χ3n) is 3.65. The molecule has 3 rings (SSSR count). The van der Waals surface area contributed by atoms with Gasteiger partial charge in [-0.25, -0.2) is 0 Å². The summed E-state index contributed by atoms with van der Waals surface area (Å²) >= 11 is 0. The number of nitrogens with zero attached hydrogens (tertiary/aromatic N) is 1. The molecular formula is C16H14N2O6. The van der Waals surface area contributed by atoms with E-state index in [9.17, 15) is 14.9 Å². The van der Waals surface area contributed by atoms with E-state index in [-0.39, 0.29) is 22.9 Å². The molecule has 2 aromatic carbocycles. The maximum atomic E-state index is 12.2. The van der Waals surface area contributed by atoms with E-state index < -0.39 is 11.2 Å². The van der Waals surface area contributed by atoms with Gasteiger partial charge in [0.2, 0.25) is 6.23 Å². The highest BCUT2D eigenvalue weighted by Crippen LogP contribution is 2.39. The van der Waals surface area contributed by atoms with Crippen molar-refractivity contribution < 1.29 is 23.9 Å². The highest BCUT2D eigenvalue weighted by Gasteiger charge is 2.32. The lowest BCUT2D eigenvalue weighted by atomic mass is 10.1. The number of fused-ring (bicyclic) bond motifs is 1. The Kier molecular flexibility index (Phi) is 3.95. The van der Waals surface area contributed by atoms with Gasteiger partial charge in [-0.2, -0.15) is 0 Å². The van der Waals surface area contributed by atoms with Gasteiger partial charge in [0.15, 0.2) is 11.5 Å². The van der Waals surface area contributed by atoms with Crippen molar-refractivity contribution in [1.82, 2.24) is 5.32 Å². The van der Waals surface area contributed by atoms with Crippen molar-refractivity contribution in [2.45, 2.75) is 6.23 Å². The summed E-state index contributed by atoms with van der Waals surface area (Å²) in [4.78, 5) is 23.0. The Hall–Kier alpha value is -3.29. The average molecular weight is 330 g/mol. The molecule has 0 saturated heterocycles. The number of benzene rings is 2. The number of nitro groups is 1. The first-order valence-corrected chi connectivity index (χ1v) is 7.02. The van der Waals surface area contributed by atoms with Crippen molar-refractivity contribution in [2.24, 2.45) is 0 Å². The second kappa shape index (κ2) is 6.07. The molecule has 1 N–H and O–H groups in total. The predicted octanol–water partition coefficient (Wildman–Crippen LogP) is 2.43. The van der Waals surface area contributed by atoms with Crippen LogP contribution >= 0.6 is 0 Å². The van der Waals surface area contributed by atoms with Crippen molar-refractivity contribution in [3.05, 3.63) is 57.6 Å². The zero-order valence-corrected chi connectivity index (χ0v) is 12.9. The molecule has 1 atom stereocenters. The van der Waals surface area contributed by atoms with Crippen LogP contribution in [0.4, 0.5) is 5.69 Å². The molecule has 124 valence electrons. The second-order valence-electron chi connectivity index (χ2n) is 4.99. The molecule has 1 unspecified atom stereocenters. The smallest absolute Gasteiger partial charge is 0.282 e. The number of para-hydroxylation sites is 1. The van der Waals surface area contributed by atoms with Gasteiger partial charge in [-0.3, -0.25) is 14.9 Å². The molecule has 1 aliphatic rings. The number of nitrogens with one attached hydrogen (secondary N) is 1. The lowest BCUT2D eigenvalue weighted by Crippen LogP contribution is -2.37. The Morgan fingerprint density at radius 2 is 1.83 bits per heavy atom. The lowest BCUT2D eigenvalue weighted by molar-refractivity contribution is -0.386. The topological polar surface area (TPSA) is 99.9 Å². The van der Waals surface area contributed by atoms with Crippen LogP contribution in [0.2, 0.25) is 0 Å². The van der Waals surface area contributed by atoms with Gasteiger partial charge in [-0.05, 0) is 18.2 Å². The van der Waals surface area contributed by atoms with E-state index in [0.29, 0.717) is 17.1 Å². The van der Waals surface area contributed by atoms with Crippen LogP contribution in [-0.2, 0) is 0 Å². The van der Waals surface area contributed by atoms with Crippen molar-refractivity contribution in [3.63, 3.8) is 0 Å². The minimum Gasteiger partial charge on any atom is -0.493 e. The Labute approximate surface area is 137 Å². The molecule has 8 heteroatoms. The monoisotopic (exact) mass is 330 g/mol. The Morgan fingerprint density at radius 1 is 1.17 bits per heavy atom. The third-order valence-corrected chi connectivity index (χ3v) is 3.65. The quantitative estimate of drug-likeness (QED) is 0.682. The first-order chi connectivity index (χ1) is 11.5. The zero-order chi connectivity index (χ0) is 17.3. The van der Waals surface area contributed by atoms with Crippen molar-refractivity contribution >= 4 is 11.6 Å². The van der Waals surface area contributed by atoms with Crippen molar-refractivity contribution in [1.29, 1.82) is 0 Å². The number of hydrogen-bond acceptors (Lipinski definition) is 6. The number of carbonyl (C=O) groups is 1. The number of ether oxygens (including phenoxy) is 3. The molecule has 0 bridgehead atoms. The molecule has 0 fully saturated rings. The first-order valence-electron chi connectivity index (χ1n) is 7.02. The molecule has 0 aliphatic carbocycles. The Balaban J connectivity index is 2.09. The summed E-state index contributed by atoms with van der Waals surface area (Å²) in [5.74, 6) is 0.506. The van der Waals surface area contributed by atoms with Crippen LogP contribution in [0, 0.1) is 10.1 Å². The van der Waals surface area contributed by atoms with Gasteiger partial charge >= 0.3 is 0 Å². The van der Waals surface area contributed by atoms with Gasteiger partial charge in [-0.15, -0.1) is 0 Å². The molecule has 2 aromatic rings. The van der Waals surface area contributed by atoms with Gasteiger partial charge < -0.3 is 19.5 Å². The second-order valence-corrected chi connectivity index (χ2v) is 4.99. The van der Waals surface area contributed by atoms with Crippen LogP contribution in [0.15, 0.2) is 36.4 Å². The van der Waals surface area contributed by atoms with Crippen LogP contribution in [-0.4, -0.2) is 25.1 Å². The van der Waals surface area contributed by atoms with Crippen molar-refractivity contribution in [3.8, 4) is 17.2 Å². The summed E-state index contributed by atoms with van der Waals surface area (Å²) in [6.45, 7) is 0. The van der Waals surface area contributed by atoms with E-state index in [1.54, 1.807) is 24.3 Å². The van der Waals surface area contributed by atoms with Gasteiger partial charge in [0, 0.05) is 0 Å². The van der Waals surface area contributed by atoms with Crippen LogP contribution in [0.3, 0.4) is 0 Å². The third kappa shape index (κ3) is 2.58. The molecule has 1 heterocycles. The summed E-state index contributed by atoms with van der Waals surface area (Å²) < 4.78 is 16.0. The number of amides is 1. The van der Waals surface area contributed by atoms with Gasteiger partial charge in [-0.1, -0.05) is 12.1 Å². The molecule has 1 amide bonds. The summed E-state index contributed by atoms with van der Waals surface area (Å²) in [6, 6.07) is 9.34. The van der Waals surface area contributed by atoms with E-state index in [0.717, 1.165) is 0 Å². The fourth-order valence-corrected chi connectivity index (χ4v) is 2.50. The number of nitro benzene ring substituents is 1. The van der Waals surface area contributed by atoms with Gasteiger partial charge in [0.05, 0.1) is 36.3 Å². The number of carbonyl (C=O) groups excluding carboxylic acids is 1. The fraction of sp³-hybridized carbons (Fsp3) is 0.188. The average Bonchev–Trinajstić information content (AvgIpc) is 2.60. The minimum absolute atomic E-state index is 0.167. The van der Waals surface area contributed by atoms with E-state index in [2.05, 4.69) is 5.32 Å². The SMILES string of the molecule is COc1cc(C2NC(=O)c3ccccc3O2)c([N+](=O)[O-])cc1OC. The summed E-state index contributed by atoms with van der Waals surface area (Å²) in [5.41, 5.74) is 0.301. The number of hydrogen-bond donors (Lipinski definition) is 1. The maximum absolute atomic E-state index is 12.2. The predicted molar refractivity (Wildman–Crippen MR) is 83.5 cm³/mol. The van der Waals surface area contributed by atoms with Crippen LogP contribution in [0.5, 0.6) is 17.2 Å². The minimum atomic E-state index is -1.01. The standard InChI is InChI=1S/C16H14N2O6/c1-22-13-7-10(11(18(20)21)8-14(13)23-2)16-17-15(19)9-5-3-4-6-12(9)24-16/h3-8,16H,1-2H3,(H,17,19).